The number of benzene rings is 2. The van der Waals surface area contributed by atoms with E-state index in [0.29, 0.717) is 11.3 Å². The van der Waals surface area contributed by atoms with Gasteiger partial charge in [0.1, 0.15) is 5.75 Å². The van der Waals surface area contributed by atoms with Crippen LogP contribution in [0, 0.1) is 26.6 Å². The molecule has 20 heavy (non-hydrogen) atoms. The maximum Gasteiger partial charge on any atom is 0.166 e. The predicted molar refractivity (Wildman–Crippen MR) is 77.8 cm³/mol. The van der Waals surface area contributed by atoms with E-state index in [1.165, 1.54) is 6.07 Å². The second-order valence-electron chi connectivity index (χ2n) is 5.17. The molecule has 0 radical (unpaired) electrons. The van der Waals surface area contributed by atoms with Gasteiger partial charge < -0.3 is 9.84 Å². The maximum atomic E-state index is 14.0. The van der Waals surface area contributed by atoms with Gasteiger partial charge in [0.25, 0.3) is 0 Å². The molecule has 3 heteroatoms. The highest BCUT2D eigenvalue weighted by atomic mass is 19.1. The summed E-state index contributed by atoms with van der Waals surface area (Å²) in [5.41, 5.74) is 3.71. The lowest BCUT2D eigenvalue weighted by atomic mass is 10.1. The van der Waals surface area contributed by atoms with Crippen LogP contribution in [0.5, 0.6) is 11.5 Å². The van der Waals surface area contributed by atoms with Crippen LogP contribution in [-0.4, -0.2) is 5.11 Å². The molecule has 2 rings (SSSR count). The summed E-state index contributed by atoms with van der Waals surface area (Å²) in [7, 11) is 0. The molecule has 0 fully saturated rings. The molecule has 1 atom stereocenters. The summed E-state index contributed by atoms with van der Waals surface area (Å²) in [6.45, 7) is 7.53. The highest BCUT2D eigenvalue weighted by Crippen LogP contribution is 2.31. The van der Waals surface area contributed by atoms with Crippen LogP contribution < -0.4 is 4.74 Å². The first-order chi connectivity index (χ1) is 9.38. The van der Waals surface area contributed by atoms with Crippen molar-refractivity contribution in [3.05, 3.63) is 58.4 Å². The van der Waals surface area contributed by atoms with Crippen LogP contribution in [0.1, 0.15) is 35.3 Å². The summed E-state index contributed by atoms with van der Waals surface area (Å²) in [6.07, 6.45) is -0.693. The summed E-state index contributed by atoms with van der Waals surface area (Å²) in [4.78, 5) is 0. The second-order valence-corrected chi connectivity index (χ2v) is 5.17. The van der Waals surface area contributed by atoms with Crippen molar-refractivity contribution in [3.63, 3.8) is 0 Å². The Kier molecular flexibility index (Phi) is 4.09. The zero-order valence-electron chi connectivity index (χ0n) is 12.2. The molecule has 0 saturated heterocycles. The normalized spacial score (nSPS) is 12.3. The van der Waals surface area contributed by atoms with Crippen molar-refractivity contribution in [2.75, 3.05) is 0 Å². The molecule has 0 aliphatic rings. The van der Waals surface area contributed by atoms with Crippen LogP contribution in [0.3, 0.4) is 0 Å². The minimum Gasteiger partial charge on any atom is -0.454 e. The number of hydrogen-bond donors (Lipinski definition) is 1. The summed E-state index contributed by atoms with van der Waals surface area (Å²) < 4.78 is 19.7. The monoisotopic (exact) mass is 274 g/mol. The van der Waals surface area contributed by atoms with E-state index in [4.69, 9.17) is 4.74 Å². The molecule has 106 valence electrons. The second kappa shape index (κ2) is 5.63. The minimum atomic E-state index is -0.693. The van der Waals surface area contributed by atoms with E-state index in [1.807, 2.05) is 26.8 Å². The molecule has 2 nitrogen and oxygen atoms in total. The van der Waals surface area contributed by atoms with Crippen molar-refractivity contribution >= 4 is 0 Å². The van der Waals surface area contributed by atoms with E-state index in [9.17, 15) is 9.50 Å². The lowest BCUT2D eigenvalue weighted by molar-refractivity contribution is 0.198. The Balaban J connectivity index is 2.35. The zero-order valence-corrected chi connectivity index (χ0v) is 12.2. The van der Waals surface area contributed by atoms with Gasteiger partial charge >= 0.3 is 0 Å². The molecule has 0 aliphatic heterocycles. The van der Waals surface area contributed by atoms with Gasteiger partial charge in [0.15, 0.2) is 11.6 Å². The lowest BCUT2D eigenvalue weighted by Gasteiger charge is -2.13. The number of hydrogen-bond acceptors (Lipinski definition) is 2. The van der Waals surface area contributed by atoms with Crippen molar-refractivity contribution < 1.29 is 14.2 Å². The number of halogens is 1. The van der Waals surface area contributed by atoms with Crippen molar-refractivity contribution in [3.8, 4) is 11.5 Å². The molecule has 1 N–H and O–H groups in total. The smallest absolute Gasteiger partial charge is 0.166 e. The van der Waals surface area contributed by atoms with Crippen LogP contribution >= 0.6 is 0 Å². The fourth-order valence-corrected chi connectivity index (χ4v) is 2.08. The van der Waals surface area contributed by atoms with Crippen LogP contribution in [0.15, 0.2) is 30.3 Å². The molecule has 0 aliphatic carbocycles. The number of ether oxygens (including phenoxy) is 1. The first-order valence-electron chi connectivity index (χ1n) is 6.61. The third-order valence-corrected chi connectivity index (χ3v) is 3.42. The van der Waals surface area contributed by atoms with Gasteiger partial charge in [-0.3, -0.25) is 0 Å². The molecule has 2 aromatic rings. The number of aliphatic hydroxyl groups excluding tert-OH is 1. The van der Waals surface area contributed by atoms with Gasteiger partial charge in [-0.15, -0.1) is 0 Å². The van der Waals surface area contributed by atoms with Gasteiger partial charge in [0.05, 0.1) is 6.10 Å². The van der Waals surface area contributed by atoms with Gasteiger partial charge in [-0.25, -0.2) is 4.39 Å². The van der Waals surface area contributed by atoms with Crippen LogP contribution in [-0.2, 0) is 0 Å². The summed E-state index contributed by atoms with van der Waals surface area (Å²) >= 11 is 0. The first-order valence-corrected chi connectivity index (χ1v) is 6.61. The topological polar surface area (TPSA) is 29.5 Å². The highest BCUT2D eigenvalue weighted by Gasteiger charge is 2.11. The summed E-state index contributed by atoms with van der Waals surface area (Å²) in [5.74, 6) is 0.357. The number of aliphatic hydroxyl groups is 1. The summed E-state index contributed by atoms with van der Waals surface area (Å²) in [6, 6.07) is 8.48. The van der Waals surface area contributed by atoms with Crippen molar-refractivity contribution in [1.82, 2.24) is 0 Å². The minimum absolute atomic E-state index is 0.169. The molecule has 0 bridgehead atoms. The largest absolute Gasteiger partial charge is 0.454 e. The third-order valence-electron chi connectivity index (χ3n) is 3.42. The van der Waals surface area contributed by atoms with E-state index < -0.39 is 11.9 Å². The molecule has 0 spiro atoms. The first kappa shape index (κ1) is 14.5. The fraction of sp³-hybridized carbons (Fsp3) is 0.294. The Hall–Kier alpha value is -1.87. The molecule has 0 aromatic heterocycles. The van der Waals surface area contributed by atoms with Crippen LogP contribution in [0.4, 0.5) is 4.39 Å². The van der Waals surface area contributed by atoms with Gasteiger partial charge in [-0.05, 0) is 68.1 Å². The Morgan fingerprint density at radius 3 is 2.35 bits per heavy atom. The molecule has 0 saturated carbocycles. The number of aryl methyl sites for hydroxylation is 2. The highest BCUT2D eigenvalue weighted by molar-refractivity contribution is 5.45. The van der Waals surface area contributed by atoms with Gasteiger partial charge in [0, 0.05) is 0 Å². The lowest BCUT2D eigenvalue weighted by Crippen LogP contribution is -1.96. The summed E-state index contributed by atoms with van der Waals surface area (Å²) in [5, 5.41) is 9.44. The van der Waals surface area contributed by atoms with Gasteiger partial charge in [0.2, 0.25) is 0 Å². The Morgan fingerprint density at radius 2 is 1.75 bits per heavy atom. The molecule has 0 unspecified atom stereocenters. The van der Waals surface area contributed by atoms with E-state index in [-0.39, 0.29) is 5.75 Å². The Morgan fingerprint density at radius 1 is 1.05 bits per heavy atom. The van der Waals surface area contributed by atoms with Crippen molar-refractivity contribution in [2.24, 2.45) is 0 Å². The van der Waals surface area contributed by atoms with E-state index in [0.717, 1.165) is 16.7 Å². The molecular weight excluding hydrogens is 255 g/mol. The Bertz CT molecular complexity index is 633. The van der Waals surface area contributed by atoms with E-state index >= 15 is 0 Å². The Labute approximate surface area is 118 Å². The van der Waals surface area contributed by atoms with Crippen molar-refractivity contribution in [2.45, 2.75) is 33.8 Å². The molecular formula is C17H19FO2. The average molecular weight is 274 g/mol. The van der Waals surface area contributed by atoms with Crippen LogP contribution in [0.25, 0.3) is 0 Å². The van der Waals surface area contributed by atoms with Crippen molar-refractivity contribution in [1.29, 1.82) is 0 Å². The quantitative estimate of drug-likeness (QED) is 0.886. The predicted octanol–water partition coefficient (Wildman–Crippen LogP) is 4.60. The van der Waals surface area contributed by atoms with Gasteiger partial charge in [-0.2, -0.15) is 0 Å². The fourth-order valence-electron chi connectivity index (χ4n) is 2.08. The van der Waals surface area contributed by atoms with E-state index in [2.05, 4.69) is 6.07 Å². The SMILES string of the molecule is Cc1cc(C)c(C)c(Oc2ccc([C@H](C)O)cc2F)c1. The van der Waals surface area contributed by atoms with E-state index in [1.54, 1.807) is 19.1 Å². The standard InChI is InChI=1S/C17H19FO2/c1-10-7-11(2)12(3)17(8-10)20-16-6-5-14(13(4)19)9-15(16)18/h5-9,13,19H,1-4H3/t13-/m0/s1. The molecule has 0 amide bonds. The maximum absolute atomic E-state index is 14.0. The molecule has 0 heterocycles. The third kappa shape index (κ3) is 2.99. The van der Waals surface area contributed by atoms with Gasteiger partial charge in [-0.1, -0.05) is 12.1 Å². The number of rotatable bonds is 3. The average Bonchev–Trinajstić information content (AvgIpc) is 2.37. The zero-order chi connectivity index (χ0) is 14.9. The molecule has 2 aromatic carbocycles. The van der Waals surface area contributed by atoms with Crippen LogP contribution in [0.2, 0.25) is 0 Å².